The van der Waals surface area contributed by atoms with Gasteiger partial charge in [0.15, 0.2) is 0 Å². The highest BCUT2D eigenvalue weighted by Crippen LogP contribution is 2.35. The first-order valence-corrected chi connectivity index (χ1v) is 10.3. The first kappa shape index (κ1) is 24.5. The summed E-state index contributed by atoms with van der Waals surface area (Å²) in [5.41, 5.74) is -2.97. The molecule has 0 heterocycles. The second-order valence-corrected chi connectivity index (χ2v) is 8.53. The van der Waals surface area contributed by atoms with Gasteiger partial charge in [-0.15, -0.1) is 11.8 Å². The van der Waals surface area contributed by atoms with E-state index in [2.05, 4.69) is 10.6 Å². The lowest BCUT2D eigenvalue weighted by Gasteiger charge is -2.25. The number of nitriles is 1. The summed E-state index contributed by atoms with van der Waals surface area (Å²) in [5.74, 6) is -1.01. The van der Waals surface area contributed by atoms with Crippen LogP contribution in [0.2, 0.25) is 0 Å². The number of carbonyl (C=O) groups excluding carboxylic acids is 2. The summed E-state index contributed by atoms with van der Waals surface area (Å²) >= 11 is 1.25. The number of benzene rings is 1. The predicted molar refractivity (Wildman–Crippen MR) is 112 cm³/mol. The largest absolute Gasteiger partial charge is 0.417 e. The van der Waals surface area contributed by atoms with E-state index < -0.39 is 28.8 Å². The van der Waals surface area contributed by atoms with Gasteiger partial charge in [-0.25, -0.2) is 0 Å². The van der Waals surface area contributed by atoms with Crippen molar-refractivity contribution < 1.29 is 27.9 Å². The first-order valence-electron chi connectivity index (χ1n) is 9.30. The predicted octanol–water partition coefficient (Wildman–Crippen LogP) is 3.94. The molecular weight excluding hydrogens is 431 g/mol. The summed E-state index contributed by atoms with van der Waals surface area (Å²) in [7, 11) is 0. The van der Waals surface area contributed by atoms with Gasteiger partial charge in [0.1, 0.15) is 5.60 Å². The molecule has 0 aromatic heterocycles. The standard InChI is InChI=1S/C21H22F3N3O3S/c1-12-8-16(6-7-18(12)26-13(2)28)31-11-20(3,30)19(29)27-15-5-4-14(10-25)17(9-15)21(22,23)24/h4-7,9,12,30H,8,11H2,1-3H3,(H,26,28)(H,27,29)/t12-,20+/m0/s1. The quantitative estimate of drug-likeness (QED) is 0.606. The molecule has 0 aliphatic heterocycles. The molecule has 6 nitrogen and oxygen atoms in total. The van der Waals surface area contributed by atoms with E-state index in [4.69, 9.17) is 5.26 Å². The van der Waals surface area contributed by atoms with Crippen LogP contribution in [0.3, 0.4) is 0 Å². The second-order valence-electron chi connectivity index (χ2n) is 7.43. The number of hydrogen-bond acceptors (Lipinski definition) is 5. The monoisotopic (exact) mass is 453 g/mol. The van der Waals surface area contributed by atoms with Crippen LogP contribution in [0.15, 0.2) is 41.0 Å². The smallest absolute Gasteiger partial charge is 0.379 e. The van der Waals surface area contributed by atoms with Crippen molar-refractivity contribution in [2.75, 3.05) is 11.1 Å². The molecule has 1 aliphatic carbocycles. The Bertz CT molecular complexity index is 978. The molecule has 0 fully saturated rings. The highest BCUT2D eigenvalue weighted by Gasteiger charge is 2.35. The molecule has 1 aliphatic rings. The number of alkyl halides is 3. The maximum atomic E-state index is 13.1. The van der Waals surface area contributed by atoms with Crippen molar-refractivity contribution in [1.82, 2.24) is 5.32 Å². The number of allylic oxidation sites excluding steroid dienone is 4. The van der Waals surface area contributed by atoms with E-state index in [1.54, 1.807) is 12.2 Å². The lowest BCUT2D eigenvalue weighted by atomic mass is 9.99. The molecule has 0 saturated carbocycles. The van der Waals surface area contributed by atoms with Crippen molar-refractivity contribution in [3.63, 3.8) is 0 Å². The Labute approximate surface area is 182 Å². The fourth-order valence-electron chi connectivity index (χ4n) is 2.82. The van der Waals surface area contributed by atoms with Gasteiger partial charge in [-0.05, 0) is 42.5 Å². The number of hydrogen-bond donors (Lipinski definition) is 3. The van der Waals surface area contributed by atoms with E-state index in [-0.39, 0.29) is 23.3 Å². The Morgan fingerprint density at radius 1 is 1.29 bits per heavy atom. The van der Waals surface area contributed by atoms with Crippen LogP contribution in [0.5, 0.6) is 0 Å². The maximum absolute atomic E-state index is 13.1. The summed E-state index contributed by atoms with van der Waals surface area (Å²) in [4.78, 5) is 24.6. The van der Waals surface area contributed by atoms with Crippen LogP contribution in [0.1, 0.15) is 38.3 Å². The van der Waals surface area contributed by atoms with Gasteiger partial charge in [0.2, 0.25) is 5.91 Å². The number of carbonyl (C=O) groups is 2. The molecule has 1 aromatic carbocycles. The van der Waals surface area contributed by atoms with Crippen molar-refractivity contribution in [3.8, 4) is 6.07 Å². The molecule has 2 rings (SSSR count). The molecule has 3 N–H and O–H groups in total. The van der Waals surface area contributed by atoms with E-state index in [1.807, 2.05) is 6.92 Å². The van der Waals surface area contributed by atoms with Crippen molar-refractivity contribution in [2.45, 2.75) is 39.0 Å². The minimum atomic E-state index is -4.75. The number of rotatable bonds is 6. The molecule has 2 atom stereocenters. The van der Waals surface area contributed by atoms with Crippen molar-refractivity contribution in [2.24, 2.45) is 5.92 Å². The molecule has 0 radical (unpaired) electrons. The summed E-state index contributed by atoms with van der Waals surface area (Å²) < 4.78 is 39.3. The van der Waals surface area contributed by atoms with Gasteiger partial charge >= 0.3 is 6.18 Å². The Morgan fingerprint density at radius 2 is 1.97 bits per heavy atom. The van der Waals surface area contributed by atoms with Crippen LogP contribution < -0.4 is 10.6 Å². The van der Waals surface area contributed by atoms with Crippen LogP contribution in [0.25, 0.3) is 0 Å². The van der Waals surface area contributed by atoms with E-state index in [0.29, 0.717) is 12.5 Å². The number of amides is 2. The molecule has 31 heavy (non-hydrogen) atoms. The van der Waals surface area contributed by atoms with Gasteiger partial charge in [0, 0.05) is 30.0 Å². The van der Waals surface area contributed by atoms with Gasteiger partial charge in [-0.3, -0.25) is 9.59 Å². The summed E-state index contributed by atoms with van der Waals surface area (Å²) in [6.07, 6.45) is -0.584. The van der Waals surface area contributed by atoms with Gasteiger partial charge in [-0.1, -0.05) is 13.0 Å². The summed E-state index contributed by atoms with van der Waals surface area (Å²) in [6, 6.07) is 4.28. The molecule has 2 amide bonds. The minimum absolute atomic E-state index is 0.0247. The third kappa shape index (κ3) is 6.60. The fraction of sp³-hybridized carbons (Fsp3) is 0.381. The Hall–Kier alpha value is -2.77. The number of thioether (sulfide) groups is 1. The van der Waals surface area contributed by atoms with Crippen LogP contribution in [-0.4, -0.2) is 28.3 Å². The number of halogens is 3. The molecule has 166 valence electrons. The zero-order valence-electron chi connectivity index (χ0n) is 17.1. The third-order valence-corrected chi connectivity index (χ3v) is 5.92. The average Bonchev–Trinajstić information content (AvgIpc) is 2.67. The highest BCUT2D eigenvalue weighted by molar-refractivity contribution is 8.03. The van der Waals surface area contributed by atoms with Gasteiger partial charge in [0.05, 0.1) is 17.2 Å². The molecule has 10 heteroatoms. The van der Waals surface area contributed by atoms with E-state index in [1.165, 1.54) is 37.7 Å². The third-order valence-electron chi connectivity index (χ3n) is 4.54. The molecule has 0 saturated heterocycles. The second kappa shape index (κ2) is 9.58. The number of nitrogens with zero attached hydrogens (tertiary/aromatic N) is 1. The summed E-state index contributed by atoms with van der Waals surface area (Å²) in [6.45, 7) is 4.63. The van der Waals surface area contributed by atoms with Gasteiger partial charge in [0.25, 0.3) is 5.91 Å². The molecule has 0 bridgehead atoms. The fourth-order valence-corrected chi connectivity index (χ4v) is 3.95. The van der Waals surface area contributed by atoms with Crippen LogP contribution in [-0.2, 0) is 15.8 Å². The zero-order valence-corrected chi connectivity index (χ0v) is 17.9. The molecular formula is C21H22F3N3O3S. The summed E-state index contributed by atoms with van der Waals surface area (Å²) in [5, 5.41) is 24.4. The molecule has 0 unspecified atom stereocenters. The Kier molecular flexibility index (Phi) is 7.57. The SMILES string of the molecule is CC(=O)NC1=CC=C(SC[C@@](C)(O)C(=O)Nc2ccc(C#N)c(C(F)(F)F)c2)C[C@@H]1C. The van der Waals surface area contributed by atoms with E-state index in [9.17, 15) is 27.9 Å². The number of nitrogens with one attached hydrogen (secondary N) is 2. The van der Waals surface area contributed by atoms with Crippen LogP contribution in [0, 0.1) is 17.2 Å². The Balaban J connectivity index is 2.06. The van der Waals surface area contributed by atoms with Gasteiger partial charge < -0.3 is 15.7 Å². The van der Waals surface area contributed by atoms with Gasteiger partial charge in [-0.2, -0.15) is 18.4 Å². The zero-order chi connectivity index (χ0) is 23.4. The van der Waals surface area contributed by atoms with E-state index in [0.717, 1.165) is 16.7 Å². The lowest BCUT2D eigenvalue weighted by Crippen LogP contribution is -2.42. The number of aliphatic hydroxyl groups is 1. The minimum Gasteiger partial charge on any atom is -0.379 e. The van der Waals surface area contributed by atoms with Crippen molar-refractivity contribution >= 4 is 29.3 Å². The van der Waals surface area contributed by atoms with Crippen LogP contribution >= 0.6 is 11.8 Å². The molecule has 1 aromatic rings. The first-order chi connectivity index (χ1) is 14.3. The normalized spacial score (nSPS) is 18.2. The van der Waals surface area contributed by atoms with Crippen molar-refractivity contribution in [3.05, 3.63) is 52.1 Å². The van der Waals surface area contributed by atoms with Crippen molar-refractivity contribution in [1.29, 1.82) is 5.26 Å². The van der Waals surface area contributed by atoms with E-state index >= 15 is 0 Å². The van der Waals surface area contributed by atoms with Crippen LogP contribution in [0.4, 0.5) is 18.9 Å². The average molecular weight is 453 g/mol. The topological polar surface area (TPSA) is 102 Å². The number of anilines is 1. The Morgan fingerprint density at radius 3 is 2.52 bits per heavy atom. The molecule has 0 spiro atoms. The maximum Gasteiger partial charge on any atom is 0.417 e. The lowest BCUT2D eigenvalue weighted by molar-refractivity contribution is -0.138. The highest BCUT2D eigenvalue weighted by atomic mass is 32.2.